The van der Waals surface area contributed by atoms with Crippen LogP contribution in [0.25, 0.3) is 0 Å². The molecule has 0 saturated carbocycles. The van der Waals surface area contributed by atoms with Crippen LogP contribution in [0.3, 0.4) is 0 Å². The lowest BCUT2D eigenvalue weighted by Crippen LogP contribution is -2.46. The predicted octanol–water partition coefficient (Wildman–Crippen LogP) is 17.4. The van der Waals surface area contributed by atoms with E-state index in [2.05, 4.69) is 19.2 Å². The second-order valence-corrected chi connectivity index (χ2v) is 23.5. The summed E-state index contributed by atoms with van der Waals surface area (Å²) in [6.07, 6.45) is 60.1. The molecule has 0 heterocycles. The summed E-state index contributed by atoms with van der Waals surface area (Å²) in [6.45, 7) is 4.77. The fraction of sp³-hybridized carbons (Fsp3) is 0.983. The zero-order chi connectivity index (χ0) is 49.2. The summed E-state index contributed by atoms with van der Waals surface area (Å²) >= 11 is 0. The molecule has 9 heteroatoms. The molecule has 0 radical (unpaired) electrons. The van der Waals surface area contributed by atoms with Crippen molar-refractivity contribution in [2.24, 2.45) is 0 Å². The number of quaternary nitrogens is 1. The molecule has 0 aromatic heterocycles. The third kappa shape index (κ3) is 53.1. The van der Waals surface area contributed by atoms with E-state index in [9.17, 15) is 19.4 Å². The molecule has 0 aliphatic rings. The second kappa shape index (κ2) is 50.4. The first-order valence-electron chi connectivity index (χ1n) is 29.9. The quantitative estimate of drug-likeness (QED) is 0.0357. The lowest BCUT2D eigenvalue weighted by Gasteiger charge is -2.30. The van der Waals surface area contributed by atoms with Gasteiger partial charge in [0.25, 0.3) is 7.82 Å². The van der Waals surface area contributed by atoms with Crippen molar-refractivity contribution >= 4 is 13.7 Å². The summed E-state index contributed by atoms with van der Waals surface area (Å²) in [5.74, 6) is -0.159. The van der Waals surface area contributed by atoms with Gasteiger partial charge in [-0.1, -0.05) is 296 Å². The zero-order valence-corrected chi connectivity index (χ0v) is 46.8. The molecule has 0 fully saturated rings. The van der Waals surface area contributed by atoms with Crippen molar-refractivity contribution in [2.45, 2.75) is 328 Å². The minimum atomic E-state index is -4.56. The number of unbranched alkanes of at least 4 members (excludes halogenated alkanes) is 43. The number of phosphoric ester groups is 1. The van der Waals surface area contributed by atoms with Crippen molar-refractivity contribution in [3.05, 3.63) is 0 Å². The van der Waals surface area contributed by atoms with Gasteiger partial charge in [-0.25, -0.2) is 0 Å². The SMILES string of the molecule is CCCCCCCCCCCCCCCCCCCCCCCCCCCCCCCCCCC(O)C(COP(=O)([O-])OCC[N+](C)(C)C)NC(=O)CCCCCCCCCCCCCCC. The topological polar surface area (TPSA) is 108 Å². The molecule has 3 atom stereocenters. The van der Waals surface area contributed by atoms with Crippen LogP contribution in [0.2, 0.25) is 0 Å². The Hall–Kier alpha value is -0.500. The Balaban J connectivity index is 3.95. The first-order valence-corrected chi connectivity index (χ1v) is 31.3. The van der Waals surface area contributed by atoms with E-state index in [1.165, 1.54) is 250 Å². The molecule has 0 spiro atoms. The molecular formula is C58H119N2O6P. The van der Waals surface area contributed by atoms with E-state index in [4.69, 9.17) is 9.05 Å². The normalized spacial score (nSPS) is 13.8. The summed E-state index contributed by atoms with van der Waals surface area (Å²) in [7, 11) is 1.32. The molecule has 0 rings (SSSR count). The number of aliphatic hydroxyl groups excluding tert-OH is 1. The number of carbonyl (C=O) groups excluding carboxylic acids is 1. The van der Waals surface area contributed by atoms with Gasteiger partial charge in [0.2, 0.25) is 5.91 Å². The number of hydrogen-bond acceptors (Lipinski definition) is 6. The van der Waals surface area contributed by atoms with Crippen molar-refractivity contribution in [3.63, 3.8) is 0 Å². The molecular weight excluding hydrogens is 852 g/mol. The number of likely N-dealkylation sites (N-methyl/N-ethyl adjacent to an activating group) is 1. The van der Waals surface area contributed by atoms with E-state index in [0.29, 0.717) is 23.9 Å². The highest BCUT2D eigenvalue weighted by molar-refractivity contribution is 7.45. The largest absolute Gasteiger partial charge is 0.756 e. The second-order valence-electron chi connectivity index (χ2n) is 22.1. The Kier molecular flexibility index (Phi) is 50.1. The van der Waals surface area contributed by atoms with Gasteiger partial charge in [0.1, 0.15) is 13.2 Å². The van der Waals surface area contributed by atoms with Gasteiger partial charge in [0.15, 0.2) is 0 Å². The maximum Gasteiger partial charge on any atom is 0.268 e. The van der Waals surface area contributed by atoms with Crippen LogP contribution in [-0.4, -0.2) is 68.5 Å². The van der Waals surface area contributed by atoms with Gasteiger partial charge >= 0.3 is 0 Å². The minimum Gasteiger partial charge on any atom is -0.756 e. The number of rotatable bonds is 56. The van der Waals surface area contributed by atoms with E-state index >= 15 is 0 Å². The van der Waals surface area contributed by atoms with Gasteiger partial charge in [-0.05, 0) is 12.8 Å². The van der Waals surface area contributed by atoms with Gasteiger partial charge in [0.05, 0.1) is 39.9 Å². The molecule has 0 aromatic carbocycles. The Bertz CT molecular complexity index is 1060. The fourth-order valence-electron chi connectivity index (χ4n) is 9.40. The highest BCUT2D eigenvalue weighted by Gasteiger charge is 2.24. The van der Waals surface area contributed by atoms with Gasteiger partial charge in [0, 0.05) is 6.42 Å². The molecule has 1 amide bonds. The van der Waals surface area contributed by atoms with Gasteiger partial charge < -0.3 is 28.8 Å². The summed E-state index contributed by atoms with van der Waals surface area (Å²) < 4.78 is 23.4. The highest BCUT2D eigenvalue weighted by atomic mass is 31.2. The molecule has 0 bridgehead atoms. The Morgan fingerprint density at radius 3 is 1.01 bits per heavy atom. The maximum absolute atomic E-state index is 12.9. The molecule has 0 aliphatic heterocycles. The average molecular weight is 972 g/mol. The third-order valence-corrected chi connectivity index (χ3v) is 15.1. The molecule has 67 heavy (non-hydrogen) atoms. The van der Waals surface area contributed by atoms with Crippen LogP contribution < -0.4 is 10.2 Å². The molecule has 402 valence electrons. The van der Waals surface area contributed by atoms with Crippen molar-refractivity contribution in [2.75, 3.05) is 40.9 Å². The lowest BCUT2D eigenvalue weighted by atomic mass is 10.0. The van der Waals surface area contributed by atoms with Crippen LogP contribution in [0.5, 0.6) is 0 Å². The van der Waals surface area contributed by atoms with Crippen molar-refractivity contribution in [3.8, 4) is 0 Å². The number of carbonyl (C=O) groups is 1. The number of amides is 1. The number of phosphoric acid groups is 1. The van der Waals surface area contributed by atoms with E-state index in [0.717, 1.165) is 38.5 Å². The number of nitrogens with one attached hydrogen (secondary N) is 1. The van der Waals surface area contributed by atoms with Crippen LogP contribution in [0.15, 0.2) is 0 Å². The van der Waals surface area contributed by atoms with Crippen molar-refractivity contribution in [1.82, 2.24) is 5.32 Å². The summed E-state index contributed by atoms with van der Waals surface area (Å²) in [5, 5.41) is 14.0. The standard InChI is InChI=1S/C58H119N2O6P/c1-6-8-10-12-14-16-18-20-21-22-23-24-25-26-27-28-29-30-31-32-33-34-35-36-37-38-40-41-43-45-47-49-51-57(61)56(55-66-67(63,64)65-54-53-60(3,4)5)59-58(62)52-50-48-46-44-42-39-19-17-15-13-11-9-7-2/h56-57,61H,6-55H2,1-5H3,(H-,59,62,63,64). The zero-order valence-electron chi connectivity index (χ0n) is 45.9. The molecule has 8 nitrogen and oxygen atoms in total. The molecule has 0 saturated heterocycles. The van der Waals surface area contributed by atoms with Crippen LogP contribution in [0.1, 0.15) is 316 Å². The minimum absolute atomic E-state index is 0.0165. The molecule has 2 N–H and O–H groups in total. The van der Waals surface area contributed by atoms with Gasteiger partial charge in [-0.15, -0.1) is 0 Å². The van der Waals surface area contributed by atoms with Crippen LogP contribution in [0.4, 0.5) is 0 Å². The smallest absolute Gasteiger partial charge is 0.268 e. The van der Waals surface area contributed by atoms with Gasteiger partial charge in [-0.3, -0.25) is 9.36 Å². The summed E-state index contributed by atoms with van der Waals surface area (Å²) in [6, 6.07) is -0.794. The summed E-state index contributed by atoms with van der Waals surface area (Å²) in [5.41, 5.74) is 0. The van der Waals surface area contributed by atoms with E-state index in [1.807, 2.05) is 21.1 Å². The maximum atomic E-state index is 12.9. The number of aliphatic hydroxyl groups is 1. The molecule has 3 unspecified atom stereocenters. The lowest BCUT2D eigenvalue weighted by molar-refractivity contribution is -0.870. The predicted molar refractivity (Wildman–Crippen MR) is 289 cm³/mol. The van der Waals surface area contributed by atoms with E-state index < -0.39 is 20.0 Å². The van der Waals surface area contributed by atoms with Gasteiger partial charge in [-0.2, -0.15) is 0 Å². The highest BCUT2D eigenvalue weighted by Crippen LogP contribution is 2.38. The summed E-state index contributed by atoms with van der Waals surface area (Å²) in [4.78, 5) is 25.5. The first kappa shape index (κ1) is 66.5. The monoisotopic (exact) mass is 971 g/mol. The Labute approximate surface area is 419 Å². The fourth-order valence-corrected chi connectivity index (χ4v) is 10.1. The third-order valence-electron chi connectivity index (χ3n) is 14.1. The Morgan fingerprint density at radius 2 is 0.731 bits per heavy atom. The van der Waals surface area contributed by atoms with Crippen molar-refractivity contribution in [1.29, 1.82) is 0 Å². The van der Waals surface area contributed by atoms with Crippen LogP contribution >= 0.6 is 7.82 Å². The average Bonchev–Trinajstić information content (AvgIpc) is 3.29. The van der Waals surface area contributed by atoms with Crippen molar-refractivity contribution < 1.29 is 32.9 Å². The number of hydrogen-bond donors (Lipinski definition) is 2. The van der Waals surface area contributed by atoms with E-state index in [1.54, 1.807) is 0 Å². The van der Waals surface area contributed by atoms with Crippen LogP contribution in [-0.2, 0) is 18.4 Å². The molecule has 0 aromatic rings. The van der Waals surface area contributed by atoms with Crippen LogP contribution in [0, 0.1) is 0 Å². The molecule has 0 aliphatic carbocycles. The first-order chi connectivity index (χ1) is 32.5. The number of nitrogens with zero attached hydrogens (tertiary/aromatic N) is 1. The van der Waals surface area contributed by atoms with E-state index in [-0.39, 0.29) is 19.1 Å². The Morgan fingerprint density at radius 1 is 0.463 bits per heavy atom.